The Morgan fingerprint density at radius 1 is 1.04 bits per heavy atom. The minimum Gasteiger partial charge on any atom is -0.355 e. The lowest BCUT2D eigenvalue weighted by atomic mass is 10.0. The summed E-state index contributed by atoms with van der Waals surface area (Å²) in [6.07, 6.45) is 5.31. The normalized spacial score (nSPS) is 13.8. The average molecular weight is 407 g/mol. The predicted octanol–water partition coefficient (Wildman–Crippen LogP) is 4.39. The summed E-state index contributed by atoms with van der Waals surface area (Å²) in [5.41, 5.74) is 2.33. The molecule has 3 rings (SSSR count). The van der Waals surface area contributed by atoms with E-state index in [2.05, 4.69) is 26.6 Å². The van der Waals surface area contributed by atoms with E-state index in [1.165, 1.54) is 11.3 Å². The zero-order valence-electron chi connectivity index (χ0n) is 13.4. The van der Waals surface area contributed by atoms with Crippen molar-refractivity contribution in [3.63, 3.8) is 0 Å². The number of thiophene rings is 1. The fourth-order valence-electron chi connectivity index (χ4n) is 2.97. The largest absolute Gasteiger partial charge is 0.355 e. The highest BCUT2D eigenvalue weighted by Crippen LogP contribution is 2.37. The lowest BCUT2D eigenvalue weighted by Gasteiger charge is -2.08. The topological polar surface area (TPSA) is 58.2 Å². The van der Waals surface area contributed by atoms with Gasteiger partial charge in [-0.15, -0.1) is 11.3 Å². The molecule has 0 radical (unpaired) electrons. The fraction of sp³-hybridized carbons (Fsp3) is 0.333. The number of hydrogen-bond acceptors (Lipinski definition) is 3. The van der Waals surface area contributed by atoms with Gasteiger partial charge in [0.05, 0.1) is 5.56 Å². The van der Waals surface area contributed by atoms with Crippen molar-refractivity contribution in [1.29, 1.82) is 0 Å². The van der Waals surface area contributed by atoms with Crippen molar-refractivity contribution < 1.29 is 9.59 Å². The van der Waals surface area contributed by atoms with Crippen LogP contribution in [-0.4, -0.2) is 18.9 Å². The Hall–Kier alpha value is -1.66. The first kappa shape index (κ1) is 17.2. The third kappa shape index (κ3) is 3.54. The van der Waals surface area contributed by atoms with Crippen LogP contribution in [0.25, 0.3) is 0 Å². The Labute approximate surface area is 153 Å². The van der Waals surface area contributed by atoms with Crippen molar-refractivity contribution in [1.82, 2.24) is 5.32 Å². The highest BCUT2D eigenvalue weighted by Gasteiger charge is 2.25. The van der Waals surface area contributed by atoms with E-state index in [0.29, 0.717) is 16.1 Å². The van der Waals surface area contributed by atoms with Gasteiger partial charge in [0, 0.05) is 22.0 Å². The Morgan fingerprint density at radius 3 is 2.46 bits per heavy atom. The smallest absolute Gasteiger partial charge is 0.256 e. The third-order valence-electron chi connectivity index (χ3n) is 4.21. The van der Waals surface area contributed by atoms with Crippen molar-refractivity contribution >= 4 is 44.1 Å². The molecule has 1 aliphatic rings. The molecule has 0 saturated heterocycles. The van der Waals surface area contributed by atoms with Crippen LogP contribution in [0, 0.1) is 0 Å². The molecule has 2 aromatic rings. The molecule has 0 atom stereocenters. The molecule has 6 heteroatoms. The number of anilines is 1. The number of aryl methyl sites for hydroxylation is 1. The van der Waals surface area contributed by atoms with Crippen LogP contribution in [0.1, 0.15) is 50.4 Å². The molecule has 24 heavy (non-hydrogen) atoms. The molecule has 0 spiro atoms. The Bertz CT molecular complexity index is 768. The molecule has 1 heterocycles. The molecule has 1 aromatic heterocycles. The molecule has 0 unspecified atom stereocenters. The van der Waals surface area contributed by atoms with Crippen molar-refractivity contribution in [2.45, 2.75) is 32.1 Å². The third-order valence-corrected chi connectivity index (χ3v) is 5.94. The molecular formula is C18H19BrN2O2S. The maximum absolute atomic E-state index is 12.5. The van der Waals surface area contributed by atoms with E-state index in [-0.39, 0.29) is 11.8 Å². The van der Waals surface area contributed by atoms with Gasteiger partial charge in [0.2, 0.25) is 0 Å². The molecule has 1 aliphatic carbocycles. The molecular weight excluding hydrogens is 388 g/mol. The summed E-state index contributed by atoms with van der Waals surface area (Å²) in [6.45, 7) is 0. The number of hydrogen-bond donors (Lipinski definition) is 2. The lowest BCUT2D eigenvalue weighted by Crippen LogP contribution is -2.21. The lowest BCUT2D eigenvalue weighted by molar-refractivity contribution is 0.0963. The van der Waals surface area contributed by atoms with E-state index in [1.807, 2.05) is 12.1 Å². The Morgan fingerprint density at radius 2 is 1.75 bits per heavy atom. The van der Waals surface area contributed by atoms with Crippen molar-refractivity contribution in [3.05, 3.63) is 50.3 Å². The minimum absolute atomic E-state index is 0.125. The van der Waals surface area contributed by atoms with Crippen LogP contribution in [0.15, 0.2) is 28.7 Å². The van der Waals surface area contributed by atoms with E-state index in [1.54, 1.807) is 30.5 Å². The molecule has 4 nitrogen and oxygen atoms in total. The van der Waals surface area contributed by atoms with E-state index >= 15 is 0 Å². The summed E-state index contributed by atoms with van der Waals surface area (Å²) >= 11 is 4.91. The number of benzene rings is 1. The van der Waals surface area contributed by atoms with Gasteiger partial charge in [0.1, 0.15) is 5.00 Å². The Balaban J connectivity index is 1.93. The highest BCUT2D eigenvalue weighted by molar-refractivity contribution is 9.10. The number of amides is 2. The number of halogens is 1. The minimum atomic E-state index is -0.191. The van der Waals surface area contributed by atoms with Gasteiger partial charge < -0.3 is 10.6 Å². The van der Waals surface area contributed by atoms with E-state index in [0.717, 1.165) is 35.7 Å². The van der Waals surface area contributed by atoms with Gasteiger partial charge in [0.25, 0.3) is 11.8 Å². The molecule has 0 bridgehead atoms. The summed E-state index contributed by atoms with van der Waals surface area (Å²) < 4.78 is 0.924. The summed E-state index contributed by atoms with van der Waals surface area (Å²) in [6, 6.07) is 7.19. The summed E-state index contributed by atoms with van der Waals surface area (Å²) in [7, 11) is 1.63. The number of carbonyl (C=O) groups excluding carboxylic acids is 2. The standard InChI is InChI=1S/C18H19BrN2O2S/c1-20-17(23)15-13-5-3-2-4-6-14(13)24-18(15)21-16(22)11-7-9-12(19)10-8-11/h7-10H,2-6H2,1H3,(H,20,23)(H,21,22). The van der Waals surface area contributed by atoms with E-state index in [4.69, 9.17) is 0 Å². The van der Waals surface area contributed by atoms with Crippen molar-refractivity contribution in [2.24, 2.45) is 0 Å². The second-order valence-electron chi connectivity index (χ2n) is 5.81. The van der Waals surface area contributed by atoms with E-state index < -0.39 is 0 Å². The predicted molar refractivity (Wildman–Crippen MR) is 101 cm³/mol. The SMILES string of the molecule is CNC(=O)c1c(NC(=O)c2ccc(Br)cc2)sc2c1CCCCC2. The van der Waals surface area contributed by atoms with Crippen LogP contribution in [0.3, 0.4) is 0 Å². The first-order chi connectivity index (χ1) is 11.6. The fourth-order valence-corrected chi connectivity index (χ4v) is 4.52. The second kappa shape index (κ2) is 7.49. The monoisotopic (exact) mass is 406 g/mol. The zero-order chi connectivity index (χ0) is 17.1. The summed E-state index contributed by atoms with van der Waals surface area (Å²) in [4.78, 5) is 26.1. The highest BCUT2D eigenvalue weighted by atomic mass is 79.9. The Kier molecular flexibility index (Phi) is 5.36. The first-order valence-electron chi connectivity index (χ1n) is 8.03. The number of fused-ring (bicyclic) bond motifs is 1. The second-order valence-corrected chi connectivity index (χ2v) is 7.83. The molecule has 1 aromatic carbocycles. The van der Waals surface area contributed by atoms with Crippen LogP contribution >= 0.6 is 27.3 Å². The zero-order valence-corrected chi connectivity index (χ0v) is 15.9. The van der Waals surface area contributed by atoms with Crippen molar-refractivity contribution in [2.75, 3.05) is 12.4 Å². The van der Waals surface area contributed by atoms with Crippen LogP contribution in [0.5, 0.6) is 0 Å². The quantitative estimate of drug-likeness (QED) is 0.742. The van der Waals surface area contributed by atoms with Gasteiger partial charge >= 0.3 is 0 Å². The van der Waals surface area contributed by atoms with Crippen LogP contribution < -0.4 is 10.6 Å². The number of rotatable bonds is 3. The maximum atomic E-state index is 12.5. The van der Waals surface area contributed by atoms with Gasteiger partial charge in [0.15, 0.2) is 0 Å². The van der Waals surface area contributed by atoms with Gasteiger partial charge in [-0.05, 0) is 55.5 Å². The van der Waals surface area contributed by atoms with Crippen molar-refractivity contribution in [3.8, 4) is 0 Å². The summed E-state index contributed by atoms with van der Waals surface area (Å²) in [5, 5.41) is 6.31. The molecule has 0 aliphatic heterocycles. The van der Waals surface area contributed by atoms with E-state index in [9.17, 15) is 9.59 Å². The molecule has 2 N–H and O–H groups in total. The number of nitrogens with one attached hydrogen (secondary N) is 2. The molecule has 126 valence electrons. The van der Waals surface area contributed by atoms with Crippen LogP contribution in [-0.2, 0) is 12.8 Å². The molecule has 2 amide bonds. The van der Waals surface area contributed by atoms with Gasteiger partial charge in [-0.3, -0.25) is 9.59 Å². The first-order valence-corrected chi connectivity index (χ1v) is 9.64. The van der Waals surface area contributed by atoms with Gasteiger partial charge in [-0.25, -0.2) is 0 Å². The maximum Gasteiger partial charge on any atom is 0.256 e. The van der Waals surface area contributed by atoms with Gasteiger partial charge in [-0.2, -0.15) is 0 Å². The molecule has 0 saturated carbocycles. The van der Waals surface area contributed by atoms with Crippen LogP contribution in [0.4, 0.5) is 5.00 Å². The number of carbonyl (C=O) groups is 2. The van der Waals surface area contributed by atoms with Crippen LogP contribution in [0.2, 0.25) is 0 Å². The average Bonchev–Trinajstić information content (AvgIpc) is 2.76. The summed E-state index contributed by atoms with van der Waals surface area (Å²) in [5.74, 6) is -0.315. The van der Waals surface area contributed by atoms with Gasteiger partial charge in [-0.1, -0.05) is 22.4 Å². The molecule has 0 fully saturated rings.